The number of rotatable bonds is 5. The fourth-order valence-corrected chi connectivity index (χ4v) is 2.99. The van der Waals surface area contributed by atoms with Crippen LogP contribution in [0, 0.1) is 10.1 Å². The maximum Gasteiger partial charge on any atom is 0.414 e. The molecule has 8 heteroatoms. The van der Waals surface area contributed by atoms with Gasteiger partial charge in [0.25, 0.3) is 0 Å². The van der Waals surface area contributed by atoms with Gasteiger partial charge in [0.2, 0.25) is 0 Å². The van der Waals surface area contributed by atoms with E-state index >= 15 is 0 Å². The highest BCUT2D eigenvalue weighted by Gasteiger charge is 2.28. The van der Waals surface area contributed by atoms with Gasteiger partial charge in [0, 0.05) is 10.7 Å². The Morgan fingerprint density at radius 1 is 1.26 bits per heavy atom. The number of benzene rings is 2. The van der Waals surface area contributed by atoms with Crippen LogP contribution in [0.3, 0.4) is 0 Å². The number of imidazole rings is 1. The van der Waals surface area contributed by atoms with E-state index in [1.165, 1.54) is 6.20 Å². The van der Waals surface area contributed by atoms with Crippen molar-refractivity contribution < 1.29 is 14.4 Å². The minimum absolute atomic E-state index is 0.195. The minimum Gasteiger partial charge on any atom is -0.443 e. The lowest BCUT2D eigenvalue weighted by Crippen LogP contribution is -2.32. The molecule has 0 bridgehead atoms. The highest BCUT2D eigenvalue weighted by molar-refractivity contribution is 5.67. The van der Waals surface area contributed by atoms with Crippen molar-refractivity contribution in [3.63, 3.8) is 0 Å². The molecule has 8 nitrogen and oxygen atoms in total. The van der Waals surface area contributed by atoms with Gasteiger partial charge in [-0.3, -0.25) is 4.57 Å². The van der Waals surface area contributed by atoms with Gasteiger partial charge in [-0.25, -0.2) is 0 Å². The molecule has 1 aliphatic heterocycles. The molecule has 2 N–H and O–H groups in total. The van der Waals surface area contributed by atoms with E-state index in [0.717, 1.165) is 22.4 Å². The molecule has 27 heavy (non-hydrogen) atoms. The number of nitrogens with zero attached hydrogens (tertiary/aromatic N) is 3. The Balaban J connectivity index is 1.37. The van der Waals surface area contributed by atoms with Crippen LogP contribution in [0.15, 0.2) is 54.7 Å². The number of ether oxygens (including phenoxy) is 2. The predicted octanol–water partition coefficient (Wildman–Crippen LogP) is 3.02. The van der Waals surface area contributed by atoms with Crippen LogP contribution in [0.5, 0.6) is 6.01 Å². The summed E-state index contributed by atoms with van der Waals surface area (Å²) in [4.78, 5) is 14.1. The number of hydrogen-bond donors (Lipinski definition) is 1. The summed E-state index contributed by atoms with van der Waals surface area (Å²) in [5, 5.41) is 10.8. The Labute approximate surface area is 155 Å². The van der Waals surface area contributed by atoms with Gasteiger partial charge >= 0.3 is 11.8 Å². The fraction of sp³-hybridized carbons (Fsp3) is 0.211. The molecule has 1 aromatic heterocycles. The lowest BCUT2D eigenvalue weighted by Gasteiger charge is -2.22. The van der Waals surface area contributed by atoms with Gasteiger partial charge < -0.3 is 25.3 Å². The summed E-state index contributed by atoms with van der Waals surface area (Å²) < 4.78 is 13.0. The first-order chi connectivity index (χ1) is 13.1. The lowest BCUT2D eigenvalue weighted by atomic mass is 10.0. The molecule has 0 saturated carbocycles. The lowest BCUT2D eigenvalue weighted by molar-refractivity contribution is -0.389. The first-order valence-corrected chi connectivity index (χ1v) is 8.49. The highest BCUT2D eigenvalue weighted by Crippen LogP contribution is 2.24. The molecular weight excluding hydrogens is 348 g/mol. The third kappa shape index (κ3) is 3.75. The van der Waals surface area contributed by atoms with Crippen LogP contribution in [0.1, 0.15) is 5.56 Å². The number of nitrogens with two attached hydrogens (primary N) is 1. The molecule has 1 atom stereocenters. The Morgan fingerprint density at radius 3 is 2.81 bits per heavy atom. The molecule has 0 amide bonds. The van der Waals surface area contributed by atoms with Gasteiger partial charge in [-0.2, -0.15) is 0 Å². The number of nitrogen functional groups attached to an aromatic ring is 1. The number of nitro groups is 1. The van der Waals surface area contributed by atoms with E-state index in [2.05, 4.69) is 4.98 Å². The molecule has 1 aliphatic rings. The summed E-state index contributed by atoms with van der Waals surface area (Å²) >= 11 is 0. The van der Waals surface area contributed by atoms with E-state index in [9.17, 15) is 10.1 Å². The van der Waals surface area contributed by atoms with Gasteiger partial charge in [0.15, 0.2) is 0 Å². The molecule has 0 spiro atoms. The van der Waals surface area contributed by atoms with Crippen molar-refractivity contribution >= 4 is 11.5 Å². The number of hydrogen-bond acceptors (Lipinski definition) is 6. The average molecular weight is 366 g/mol. The Bertz CT molecular complexity index is 968. The highest BCUT2D eigenvalue weighted by atomic mass is 16.6. The van der Waals surface area contributed by atoms with Crippen molar-refractivity contribution in [3.05, 3.63) is 70.4 Å². The second kappa shape index (κ2) is 7.08. The van der Waals surface area contributed by atoms with Crippen LogP contribution in [-0.2, 0) is 17.9 Å². The maximum absolute atomic E-state index is 10.8. The molecule has 0 aliphatic carbocycles. The summed E-state index contributed by atoms with van der Waals surface area (Å²) in [5.41, 5.74) is 9.75. The molecular formula is C19H18N4O4. The third-order valence-corrected chi connectivity index (χ3v) is 4.37. The monoisotopic (exact) mass is 366 g/mol. The van der Waals surface area contributed by atoms with Gasteiger partial charge in [-0.1, -0.05) is 36.4 Å². The normalized spacial score (nSPS) is 15.8. The Morgan fingerprint density at radius 2 is 2.07 bits per heavy atom. The van der Waals surface area contributed by atoms with Crippen molar-refractivity contribution in [2.24, 2.45) is 0 Å². The van der Waals surface area contributed by atoms with Crippen molar-refractivity contribution in [1.29, 1.82) is 0 Å². The van der Waals surface area contributed by atoms with Gasteiger partial charge in [-0.15, -0.1) is 0 Å². The first-order valence-electron chi connectivity index (χ1n) is 8.49. The van der Waals surface area contributed by atoms with Crippen LogP contribution < -0.4 is 10.5 Å². The van der Waals surface area contributed by atoms with Gasteiger partial charge in [0.1, 0.15) is 18.9 Å². The molecule has 2 aromatic carbocycles. The summed E-state index contributed by atoms with van der Waals surface area (Å²) in [7, 11) is 0. The van der Waals surface area contributed by atoms with Crippen LogP contribution in [0.2, 0.25) is 0 Å². The first kappa shape index (κ1) is 17.0. The van der Waals surface area contributed by atoms with Crippen LogP contribution in [0.4, 0.5) is 11.5 Å². The number of anilines is 1. The van der Waals surface area contributed by atoms with Crippen molar-refractivity contribution in [1.82, 2.24) is 9.55 Å². The Hall–Kier alpha value is -3.39. The van der Waals surface area contributed by atoms with Crippen molar-refractivity contribution in [2.45, 2.75) is 19.3 Å². The smallest absolute Gasteiger partial charge is 0.414 e. The SMILES string of the molecule is Nc1cccc(-c2ccc(CO[C@@H]3COc4nc([N+](=O)[O-])cn4C3)cc2)c1. The summed E-state index contributed by atoms with van der Waals surface area (Å²) in [6, 6.07) is 16.1. The standard InChI is InChI=1S/C19H18N4O4/c20-16-3-1-2-15(8-16)14-6-4-13(5-7-14)11-26-17-9-22-10-18(23(24)25)21-19(22)27-12-17/h1-8,10,17H,9,11-12,20H2/t17-/m0/s1. The summed E-state index contributed by atoms with van der Waals surface area (Å²) in [5.74, 6) is -0.220. The zero-order chi connectivity index (χ0) is 18.8. The van der Waals surface area contributed by atoms with Gasteiger partial charge in [0.05, 0.1) is 13.2 Å². The molecule has 3 aromatic rings. The van der Waals surface area contributed by atoms with E-state index in [1.54, 1.807) is 4.57 Å². The summed E-state index contributed by atoms with van der Waals surface area (Å²) in [6.07, 6.45) is 1.17. The number of fused-ring (bicyclic) bond motifs is 1. The van der Waals surface area contributed by atoms with Crippen molar-refractivity contribution in [2.75, 3.05) is 12.3 Å². The predicted molar refractivity (Wildman–Crippen MR) is 99.2 cm³/mol. The topological polar surface area (TPSA) is 105 Å². The average Bonchev–Trinajstić information content (AvgIpc) is 3.10. The molecule has 2 heterocycles. The summed E-state index contributed by atoms with van der Waals surface area (Å²) in [6.45, 7) is 1.21. The van der Waals surface area contributed by atoms with Crippen LogP contribution in [0.25, 0.3) is 11.1 Å². The van der Waals surface area contributed by atoms with Crippen LogP contribution >= 0.6 is 0 Å². The molecule has 0 radical (unpaired) electrons. The van der Waals surface area contributed by atoms with E-state index in [1.807, 2.05) is 48.5 Å². The molecule has 0 fully saturated rings. The van der Waals surface area contributed by atoms with Crippen LogP contribution in [-0.4, -0.2) is 27.2 Å². The molecule has 4 rings (SSSR count). The second-order valence-electron chi connectivity index (χ2n) is 6.36. The molecule has 138 valence electrons. The van der Waals surface area contributed by atoms with E-state index in [4.69, 9.17) is 15.2 Å². The van der Waals surface area contributed by atoms with Gasteiger partial charge in [-0.05, 0) is 33.7 Å². The Kier molecular flexibility index (Phi) is 4.47. The van der Waals surface area contributed by atoms with E-state index in [0.29, 0.717) is 19.8 Å². The molecule has 0 saturated heterocycles. The molecule has 0 unspecified atom stereocenters. The minimum atomic E-state index is -0.535. The number of aromatic nitrogens is 2. The second-order valence-corrected chi connectivity index (χ2v) is 6.36. The quantitative estimate of drug-likeness (QED) is 0.423. The van der Waals surface area contributed by atoms with Crippen molar-refractivity contribution in [3.8, 4) is 17.1 Å². The zero-order valence-corrected chi connectivity index (χ0v) is 14.4. The fourth-order valence-electron chi connectivity index (χ4n) is 2.99. The van der Waals surface area contributed by atoms with E-state index < -0.39 is 4.92 Å². The third-order valence-electron chi connectivity index (χ3n) is 4.37. The maximum atomic E-state index is 10.8. The zero-order valence-electron chi connectivity index (χ0n) is 14.4. The largest absolute Gasteiger partial charge is 0.443 e. The van der Waals surface area contributed by atoms with E-state index in [-0.39, 0.29) is 17.9 Å².